The third-order valence-electron chi connectivity index (χ3n) is 4.01. The third kappa shape index (κ3) is 4.78. The van der Waals surface area contributed by atoms with E-state index < -0.39 is 41.1 Å². The summed E-state index contributed by atoms with van der Waals surface area (Å²) in [6.45, 7) is -0.190. The van der Waals surface area contributed by atoms with Crippen molar-refractivity contribution >= 4 is 28.6 Å². The van der Waals surface area contributed by atoms with Gasteiger partial charge in [-0.1, -0.05) is 23.9 Å². The first-order valence-electron chi connectivity index (χ1n) is 8.55. The number of alkyl halides is 3. The molecule has 1 N–H and O–H groups in total. The van der Waals surface area contributed by atoms with Crippen LogP contribution in [-0.4, -0.2) is 33.4 Å². The first kappa shape index (κ1) is 21.8. The van der Waals surface area contributed by atoms with Crippen LogP contribution in [0.4, 0.5) is 22.0 Å². The molecule has 0 fully saturated rings. The number of benzene rings is 2. The van der Waals surface area contributed by atoms with Crippen LogP contribution in [0.1, 0.15) is 6.92 Å². The Kier molecular flexibility index (Phi) is 6.11. The quantitative estimate of drug-likeness (QED) is 0.370. The van der Waals surface area contributed by atoms with E-state index in [1.54, 1.807) is 17.4 Å². The number of rotatable bonds is 5. The first-order chi connectivity index (χ1) is 14.1. The normalized spacial score (nSPS) is 12.7. The van der Waals surface area contributed by atoms with Crippen molar-refractivity contribution in [2.45, 2.75) is 23.5 Å². The highest BCUT2D eigenvalue weighted by molar-refractivity contribution is 8.00. The molecule has 0 saturated carbocycles. The maximum atomic E-state index is 14.4. The van der Waals surface area contributed by atoms with Gasteiger partial charge in [0.2, 0.25) is 5.91 Å². The van der Waals surface area contributed by atoms with Gasteiger partial charge in [0, 0.05) is 6.07 Å². The van der Waals surface area contributed by atoms with Gasteiger partial charge in [-0.2, -0.15) is 13.2 Å². The summed E-state index contributed by atoms with van der Waals surface area (Å²) in [7, 11) is 0. The zero-order chi connectivity index (χ0) is 22.1. The Morgan fingerprint density at radius 3 is 2.57 bits per heavy atom. The van der Waals surface area contributed by atoms with E-state index in [0.29, 0.717) is 17.8 Å². The Morgan fingerprint density at radius 1 is 1.20 bits per heavy atom. The maximum absolute atomic E-state index is 14.4. The van der Waals surface area contributed by atoms with Gasteiger partial charge in [0.15, 0.2) is 5.16 Å². The Hall–Kier alpha value is -2.95. The molecule has 0 aliphatic carbocycles. The number of carbonyl (C=O) groups excluding carboxylic acids is 1. The first-order valence-corrected chi connectivity index (χ1v) is 9.43. The van der Waals surface area contributed by atoms with Crippen molar-refractivity contribution in [2.75, 3.05) is 6.54 Å². The minimum absolute atomic E-state index is 0.126. The fourth-order valence-electron chi connectivity index (χ4n) is 2.61. The molecule has 0 radical (unpaired) electrons. The molecule has 0 aliphatic heterocycles. The van der Waals surface area contributed by atoms with Crippen LogP contribution < -0.4 is 10.9 Å². The van der Waals surface area contributed by atoms with E-state index in [1.807, 2.05) is 0 Å². The number of para-hydroxylation sites is 1. The molecule has 3 rings (SSSR count). The Morgan fingerprint density at radius 2 is 1.90 bits per heavy atom. The fourth-order valence-corrected chi connectivity index (χ4v) is 3.55. The van der Waals surface area contributed by atoms with Crippen LogP contribution in [0.2, 0.25) is 0 Å². The molecule has 1 heterocycles. The summed E-state index contributed by atoms with van der Waals surface area (Å²) < 4.78 is 65.6. The van der Waals surface area contributed by atoms with Gasteiger partial charge >= 0.3 is 6.18 Å². The number of fused-ring (bicyclic) bond motifs is 1. The van der Waals surface area contributed by atoms with Crippen LogP contribution in [0, 0.1) is 11.6 Å². The molecular weight excluding hydrogens is 429 g/mol. The second-order valence-electron chi connectivity index (χ2n) is 6.24. The standard InChI is InChI=1S/C19H14F5N3O2S/c1-10(16(28)25-9-19(22,23)24)30-18-26-14-5-3-2-4-12(14)17(29)27(18)15-7-6-11(20)8-13(15)21/h2-8,10H,9H2,1H3,(H,25,28). The largest absolute Gasteiger partial charge is 0.405 e. The number of aromatic nitrogens is 2. The lowest BCUT2D eigenvalue weighted by molar-refractivity contribution is -0.137. The highest BCUT2D eigenvalue weighted by Gasteiger charge is 2.29. The summed E-state index contributed by atoms with van der Waals surface area (Å²) in [6.07, 6.45) is -4.58. The van der Waals surface area contributed by atoms with Crippen LogP contribution in [0.5, 0.6) is 0 Å². The van der Waals surface area contributed by atoms with E-state index in [1.165, 1.54) is 19.1 Å². The number of amides is 1. The van der Waals surface area contributed by atoms with Crippen LogP contribution in [0.25, 0.3) is 16.6 Å². The lowest BCUT2D eigenvalue weighted by Gasteiger charge is -2.17. The molecule has 158 valence electrons. The van der Waals surface area contributed by atoms with E-state index >= 15 is 0 Å². The van der Waals surface area contributed by atoms with E-state index in [0.717, 1.165) is 16.7 Å². The summed E-state index contributed by atoms with van der Waals surface area (Å²) in [4.78, 5) is 29.3. The van der Waals surface area contributed by atoms with Gasteiger partial charge in [0.1, 0.15) is 18.2 Å². The molecule has 11 heteroatoms. The monoisotopic (exact) mass is 443 g/mol. The average molecular weight is 443 g/mol. The van der Waals surface area contributed by atoms with Crippen molar-refractivity contribution in [2.24, 2.45) is 0 Å². The van der Waals surface area contributed by atoms with E-state index in [4.69, 9.17) is 0 Å². The molecule has 30 heavy (non-hydrogen) atoms. The van der Waals surface area contributed by atoms with Crippen LogP contribution >= 0.6 is 11.8 Å². The van der Waals surface area contributed by atoms with E-state index in [9.17, 15) is 31.5 Å². The topological polar surface area (TPSA) is 64.0 Å². The number of nitrogens with zero attached hydrogens (tertiary/aromatic N) is 2. The van der Waals surface area contributed by atoms with Crippen LogP contribution in [0.3, 0.4) is 0 Å². The molecule has 0 bridgehead atoms. The second kappa shape index (κ2) is 8.42. The van der Waals surface area contributed by atoms with Crippen LogP contribution in [-0.2, 0) is 4.79 Å². The predicted octanol–water partition coefficient (Wildman–Crippen LogP) is 3.82. The van der Waals surface area contributed by atoms with Crippen molar-refractivity contribution in [3.63, 3.8) is 0 Å². The number of hydrogen-bond donors (Lipinski definition) is 1. The zero-order valence-electron chi connectivity index (χ0n) is 15.3. The summed E-state index contributed by atoms with van der Waals surface area (Å²) in [5.74, 6) is -2.83. The molecule has 5 nitrogen and oxygen atoms in total. The van der Waals surface area contributed by atoms with E-state index in [-0.39, 0.29) is 21.7 Å². The summed E-state index contributed by atoms with van der Waals surface area (Å²) >= 11 is 0.678. The predicted molar refractivity (Wildman–Crippen MR) is 102 cm³/mol. The van der Waals surface area contributed by atoms with E-state index in [2.05, 4.69) is 4.98 Å². The van der Waals surface area contributed by atoms with Crippen molar-refractivity contribution in [3.8, 4) is 5.69 Å². The molecule has 3 aromatic rings. The third-order valence-corrected chi connectivity index (χ3v) is 5.06. The average Bonchev–Trinajstić information content (AvgIpc) is 2.67. The van der Waals surface area contributed by atoms with Gasteiger partial charge in [0.25, 0.3) is 5.56 Å². The van der Waals surface area contributed by atoms with Crippen molar-refractivity contribution in [3.05, 3.63) is 64.5 Å². The van der Waals surface area contributed by atoms with Crippen molar-refractivity contribution in [1.29, 1.82) is 0 Å². The summed E-state index contributed by atoms with van der Waals surface area (Å²) in [6, 6.07) is 8.78. The molecule has 1 atom stereocenters. The van der Waals surface area contributed by atoms with Gasteiger partial charge in [-0.05, 0) is 31.2 Å². The lowest BCUT2D eigenvalue weighted by atomic mass is 10.2. The number of thioether (sulfide) groups is 1. The van der Waals surface area contributed by atoms with Gasteiger partial charge in [-0.3, -0.25) is 14.2 Å². The molecule has 1 amide bonds. The van der Waals surface area contributed by atoms with Crippen molar-refractivity contribution in [1.82, 2.24) is 14.9 Å². The fraction of sp³-hybridized carbons (Fsp3) is 0.211. The second-order valence-corrected chi connectivity index (χ2v) is 7.55. The highest BCUT2D eigenvalue weighted by Crippen LogP contribution is 2.26. The number of nitrogens with one attached hydrogen (secondary N) is 1. The zero-order valence-corrected chi connectivity index (χ0v) is 16.2. The summed E-state index contributed by atoms with van der Waals surface area (Å²) in [5.41, 5.74) is -0.715. The van der Waals surface area contributed by atoms with Gasteiger partial charge in [-0.25, -0.2) is 13.8 Å². The Bertz CT molecular complexity index is 1160. The molecule has 1 aromatic heterocycles. The van der Waals surface area contributed by atoms with Crippen molar-refractivity contribution < 1.29 is 26.7 Å². The number of carbonyl (C=O) groups is 1. The van der Waals surface area contributed by atoms with Gasteiger partial charge < -0.3 is 5.32 Å². The molecular formula is C19H14F5N3O2S. The smallest absolute Gasteiger partial charge is 0.346 e. The maximum Gasteiger partial charge on any atom is 0.405 e. The minimum Gasteiger partial charge on any atom is -0.346 e. The summed E-state index contributed by atoms with van der Waals surface area (Å²) in [5, 5.41) is 0.688. The van der Waals surface area contributed by atoms with Gasteiger partial charge in [0.05, 0.1) is 21.8 Å². The molecule has 2 aromatic carbocycles. The Balaban J connectivity index is 2.07. The lowest BCUT2D eigenvalue weighted by Crippen LogP contribution is -2.38. The van der Waals surface area contributed by atoms with Crippen LogP contribution in [0.15, 0.2) is 52.4 Å². The molecule has 0 spiro atoms. The highest BCUT2D eigenvalue weighted by atomic mass is 32.2. The Labute approximate surface area is 170 Å². The molecule has 0 aliphatic rings. The number of halogens is 5. The SMILES string of the molecule is CC(Sc1nc2ccccc2c(=O)n1-c1ccc(F)cc1F)C(=O)NCC(F)(F)F. The van der Waals surface area contributed by atoms with Gasteiger partial charge in [-0.15, -0.1) is 0 Å². The molecule has 1 unspecified atom stereocenters. The number of hydrogen-bond acceptors (Lipinski definition) is 4. The molecule has 0 saturated heterocycles. The minimum atomic E-state index is -4.58.